The number of nitrogens with zero attached hydrogens (tertiary/aromatic N) is 2. The summed E-state index contributed by atoms with van der Waals surface area (Å²) >= 11 is 0. The monoisotopic (exact) mass is 244 g/mol. The molecule has 0 fully saturated rings. The highest BCUT2D eigenvalue weighted by Crippen LogP contribution is 2.36. The van der Waals surface area contributed by atoms with Crippen molar-refractivity contribution in [2.45, 2.75) is 32.3 Å². The summed E-state index contributed by atoms with van der Waals surface area (Å²) in [6.07, 6.45) is 0.291. The van der Waals surface area contributed by atoms with Gasteiger partial charge in [0.15, 0.2) is 6.10 Å². The third kappa shape index (κ3) is 1.92. The second-order valence-corrected chi connectivity index (χ2v) is 4.47. The summed E-state index contributed by atoms with van der Waals surface area (Å²) in [7, 11) is 1.74. The summed E-state index contributed by atoms with van der Waals surface area (Å²) in [6, 6.07) is 7.87. The zero-order chi connectivity index (χ0) is 13.3. The van der Waals surface area contributed by atoms with Crippen molar-refractivity contribution in [1.82, 2.24) is 0 Å². The minimum atomic E-state index is -0.472. The van der Waals surface area contributed by atoms with E-state index < -0.39 is 6.10 Å². The summed E-state index contributed by atoms with van der Waals surface area (Å²) in [6.45, 7) is 3.71. The van der Waals surface area contributed by atoms with Crippen molar-refractivity contribution in [2.75, 3.05) is 11.9 Å². The lowest BCUT2D eigenvalue weighted by atomic mass is 9.97. The van der Waals surface area contributed by atoms with E-state index in [4.69, 9.17) is 10.00 Å². The number of benzene rings is 1. The van der Waals surface area contributed by atoms with Gasteiger partial charge in [-0.15, -0.1) is 0 Å². The molecular formula is C14H16N2O2. The molecule has 94 valence electrons. The van der Waals surface area contributed by atoms with Crippen LogP contribution in [0.25, 0.3) is 0 Å². The molecule has 0 bridgehead atoms. The third-order valence-corrected chi connectivity index (χ3v) is 3.29. The molecule has 1 amide bonds. The summed E-state index contributed by atoms with van der Waals surface area (Å²) in [5, 5.41) is 9.07. The van der Waals surface area contributed by atoms with Gasteiger partial charge in [-0.25, -0.2) is 0 Å². The summed E-state index contributed by atoms with van der Waals surface area (Å²) in [5.74, 6) is 0.496. The van der Waals surface area contributed by atoms with E-state index in [1.165, 1.54) is 0 Å². The first-order valence-corrected chi connectivity index (χ1v) is 6.06. The van der Waals surface area contributed by atoms with Gasteiger partial charge in [0.25, 0.3) is 5.91 Å². The van der Waals surface area contributed by atoms with Crippen LogP contribution in [-0.4, -0.2) is 19.1 Å². The number of carbonyl (C=O) groups is 1. The lowest BCUT2D eigenvalue weighted by molar-refractivity contribution is -0.125. The lowest BCUT2D eigenvalue weighted by Crippen LogP contribution is -2.41. The van der Waals surface area contributed by atoms with Crippen LogP contribution in [0.3, 0.4) is 0 Å². The molecule has 1 aromatic rings. The van der Waals surface area contributed by atoms with Crippen molar-refractivity contribution in [3.05, 3.63) is 23.8 Å². The molecule has 4 heteroatoms. The molecule has 2 atom stereocenters. The fourth-order valence-electron chi connectivity index (χ4n) is 2.15. The molecular weight excluding hydrogens is 228 g/mol. The van der Waals surface area contributed by atoms with Crippen molar-refractivity contribution < 1.29 is 9.53 Å². The molecule has 1 aromatic carbocycles. The highest BCUT2D eigenvalue weighted by molar-refractivity contribution is 5.99. The number of rotatable bonds is 2. The van der Waals surface area contributed by atoms with E-state index in [1.807, 2.05) is 25.1 Å². The fraction of sp³-hybridized carbons (Fsp3) is 0.429. The van der Waals surface area contributed by atoms with Gasteiger partial charge < -0.3 is 9.64 Å². The highest BCUT2D eigenvalue weighted by atomic mass is 16.5. The van der Waals surface area contributed by atoms with Crippen molar-refractivity contribution in [3.63, 3.8) is 0 Å². The molecule has 2 unspecified atom stereocenters. The molecule has 0 saturated heterocycles. The largest absolute Gasteiger partial charge is 0.479 e. The Hall–Kier alpha value is -2.02. The number of nitriles is 1. The molecule has 0 aromatic heterocycles. The minimum absolute atomic E-state index is 0.0532. The van der Waals surface area contributed by atoms with Gasteiger partial charge in [0.05, 0.1) is 17.7 Å². The molecule has 0 aliphatic carbocycles. The van der Waals surface area contributed by atoms with Gasteiger partial charge in [-0.05, 0) is 31.0 Å². The molecule has 0 radical (unpaired) electrons. The Morgan fingerprint density at radius 2 is 2.28 bits per heavy atom. The van der Waals surface area contributed by atoms with E-state index in [9.17, 15) is 4.79 Å². The molecule has 2 rings (SSSR count). The first-order valence-electron chi connectivity index (χ1n) is 6.06. The number of fused-ring (bicyclic) bond motifs is 1. The van der Waals surface area contributed by atoms with Crippen molar-refractivity contribution >= 4 is 11.6 Å². The normalized spacial score (nSPS) is 19.8. The first-order chi connectivity index (χ1) is 8.58. The van der Waals surface area contributed by atoms with Crippen LogP contribution in [0.2, 0.25) is 0 Å². The molecule has 1 aliphatic rings. The van der Waals surface area contributed by atoms with Gasteiger partial charge in [0, 0.05) is 7.05 Å². The van der Waals surface area contributed by atoms with Crippen LogP contribution in [0, 0.1) is 11.3 Å². The van der Waals surface area contributed by atoms with E-state index in [0.717, 1.165) is 17.7 Å². The summed E-state index contributed by atoms with van der Waals surface area (Å²) < 4.78 is 5.59. The maximum Gasteiger partial charge on any atom is 0.267 e. The van der Waals surface area contributed by atoms with Crippen LogP contribution in [-0.2, 0) is 4.79 Å². The predicted octanol–water partition coefficient (Wildman–Crippen LogP) is 2.45. The van der Waals surface area contributed by atoms with Crippen molar-refractivity contribution in [2.24, 2.45) is 0 Å². The van der Waals surface area contributed by atoms with Gasteiger partial charge in [0.2, 0.25) is 0 Å². The van der Waals surface area contributed by atoms with E-state index in [0.29, 0.717) is 5.75 Å². The maximum absolute atomic E-state index is 11.8. The molecule has 4 nitrogen and oxygen atoms in total. The SMILES string of the molecule is CCC(C#N)c1ccc2c(c1)OC(C)C(=O)N2C. The van der Waals surface area contributed by atoms with Crippen LogP contribution < -0.4 is 9.64 Å². The highest BCUT2D eigenvalue weighted by Gasteiger charge is 2.29. The first kappa shape index (κ1) is 12.4. The number of carbonyl (C=O) groups excluding carboxylic acids is 1. The zero-order valence-corrected chi connectivity index (χ0v) is 10.8. The molecule has 1 aliphatic heterocycles. The molecule has 0 spiro atoms. The Balaban J connectivity index is 2.42. The van der Waals surface area contributed by atoms with Crippen LogP contribution >= 0.6 is 0 Å². The number of ether oxygens (including phenoxy) is 1. The average Bonchev–Trinajstić information content (AvgIpc) is 2.37. The van der Waals surface area contributed by atoms with E-state index in [-0.39, 0.29) is 11.8 Å². The second kappa shape index (κ2) is 4.69. The minimum Gasteiger partial charge on any atom is -0.479 e. The van der Waals surface area contributed by atoms with Crippen LogP contribution in [0.1, 0.15) is 31.7 Å². The van der Waals surface area contributed by atoms with E-state index in [2.05, 4.69) is 6.07 Å². The molecule has 0 saturated carbocycles. The Kier molecular flexibility index (Phi) is 3.24. The Morgan fingerprint density at radius 1 is 1.56 bits per heavy atom. The molecule has 0 N–H and O–H groups in total. The number of hydrogen-bond acceptors (Lipinski definition) is 3. The molecule has 18 heavy (non-hydrogen) atoms. The maximum atomic E-state index is 11.8. The Bertz CT molecular complexity index is 519. The number of likely N-dealkylation sites (N-methyl/N-ethyl adjacent to an activating group) is 1. The summed E-state index contributed by atoms with van der Waals surface area (Å²) in [4.78, 5) is 13.4. The van der Waals surface area contributed by atoms with Gasteiger partial charge >= 0.3 is 0 Å². The van der Waals surface area contributed by atoms with Crippen LogP contribution in [0.4, 0.5) is 5.69 Å². The van der Waals surface area contributed by atoms with Gasteiger partial charge in [-0.1, -0.05) is 13.0 Å². The lowest BCUT2D eigenvalue weighted by Gasteiger charge is -2.30. The Morgan fingerprint density at radius 3 is 2.89 bits per heavy atom. The predicted molar refractivity (Wildman–Crippen MR) is 68.6 cm³/mol. The van der Waals surface area contributed by atoms with Crippen LogP contribution in [0.5, 0.6) is 5.75 Å². The van der Waals surface area contributed by atoms with Crippen LogP contribution in [0.15, 0.2) is 18.2 Å². The standard InChI is InChI=1S/C14H16N2O2/c1-4-10(8-15)11-5-6-12-13(7-11)18-9(2)14(17)16(12)3/h5-7,9-10H,4H2,1-3H3. The fourth-order valence-corrected chi connectivity index (χ4v) is 2.15. The number of amides is 1. The number of hydrogen-bond donors (Lipinski definition) is 0. The Labute approximate surface area is 107 Å². The van der Waals surface area contributed by atoms with Gasteiger partial charge in [-0.2, -0.15) is 5.26 Å². The van der Waals surface area contributed by atoms with Gasteiger partial charge in [0.1, 0.15) is 5.75 Å². The summed E-state index contributed by atoms with van der Waals surface area (Å²) in [5.41, 5.74) is 1.70. The van der Waals surface area contributed by atoms with Crippen molar-refractivity contribution in [1.29, 1.82) is 5.26 Å². The quantitative estimate of drug-likeness (QED) is 0.803. The number of anilines is 1. The van der Waals surface area contributed by atoms with E-state index in [1.54, 1.807) is 18.9 Å². The zero-order valence-electron chi connectivity index (χ0n) is 10.8. The van der Waals surface area contributed by atoms with E-state index >= 15 is 0 Å². The van der Waals surface area contributed by atoms with Gasteiger partial charge in [-0.3, -0.25) is 4.79 Å². The topological polar surface area (TPSA) is 53.3 Å². The average molecular weight is 244 g/mol. The second-order valence-electron chi connectivity index (χ2n) is 4.47. The van der Waals surface area contributed by atoms with Crippen molar-refractivity contribution in [3.8, 4) is 11.8 Å². The smallest absolute Gasteiger partial charge is 0.267 e. The third-order valence-electron chi connectivity index (χ3n) is 3.29. The molecule has 1 heterocycles.